The lowest BCUT2D eigenvalue weighted by Gasteiger charge is -2.07. The highest BCUT2D eigenvalue weighted by atomic mass is 19.1. The van der Waals surface area contributed by atoms with Gasteiger partial charge in [0.25, 0.3) is 0 Å². The van der Waals surface area contributed by atoms with Crippen LogP contribution in [0.2, 0.25) is 0 Å². The lowest BCUT2D eigenvalue weighted by Crippen LogP contribution is -2.07. The minimum atomic E-state index is -0.745. The smallest absolute Gasteiger partial charge is 0.191 e. The van der Waals surface area contributed by atoms with E-state index < -0.39 is 11.6 Å². The predicted molar refractivity (Wildman–Crippen MR) is 64.9 cm³/mol. The molecule has 18 heavy (non-hydrogen) atoms. The molecule has 0 amide bonds. The highest BCUT2D eigenvalue weighted by Gasteiger charge is 2.14. The Bertz CT molecular complexity index is 563. The van der Waals surface area contributed by atoms with Crippen molar-refractivity contribution in [2.75, 3.05) is 12.4 Å². The summed E-state index contributed by atoms with van der Waals surface area (Å²) in [4.78, 5) is 3.87. The van der Waals surface area contributed by atoms with Crippen molar-refractivity contribution in [1.29, 1.82) is 0 Å². The van der Waals surface area contributed by atoms with Gasteiger partial charge in [0.05, 0.1) is 5.69 Å². The first-order valence-electron chi connectivity index (χ1n) is 5.62. The van der Waals surface area contributed by atoms with E-state index >= 15 is 0 Å². The van der Waals surface area contributed by atoms with Crippen LogP contribution in [-0.2, 0) is 0 Å². The van der Waals surface area contributed by atoms with Crippen LogP contribution in [-0.4, -0.2) is 21.8 Å². The van der Waals surface area contributed by atoms with Gasteiger partial charge in [-0.15, -0.1) is 0 Å². The third-order valence-corrected chi connectivity index (χ3v) is 2.57. The summed E-state index contributed by atoms with van der Waals surface area (Å²) >= 11 is 0. The Morgan fingerprint density at radius 1 is 1.28 bits per heavy atom. The van der Waals surface area contributed by atoms with Crippen molar-refractivity contribution in [2.24, 2.45) is 0 Å². The quantitative estimate of drug-likeness (QED) is 0.913. The Morgan fingerprint density at radius 2 is 2.00 bits per heavy atom. The van der Waals surface area contributed by atoms with E-state index in [1.807, 2.05) is 13.8 Å². The van der Waals surface area contributed by atoms with Crippen LogP contribution in [0.5, 0.6) is 0 Å². The number of hydrogen-bond acceptors (Lipinski definition) is 3. The van der Waals surface area contributed by atoms with E-state index in [0.29, 0.717) is 0 Å². The van der Waals surface area contributed by atoms with E-state index in [1.165, 1.54) is 11.7 Å². The number of anilines is 1. The van der Waals surface area contributed by atoms with Crippen LogP contribution < -0.4 is 5.32 Å². The van der Waals surface area contributed by atoms with Crippen molar-refractivity contribution in [3.8, 4) is 5.82 Å². The van der Waals surface area contributed by atoms with Crippen molar-refractivity contribution < 1.29 is 8.78 Å². The topological polar surface area (TPSA) is 42.7 Å². The fraction of sp³-hybridized carbons (Fsp3) is 0.333. The van der Waals surface area contributed by atoms with E-state index in [9.17, 15) is 8.78 Å². The minimum absolute atomic E-state index is 0.00648. The van der Waals surface area contributed by atoms with Crippen LogP contribution >= 0.6 is 0 Å². The molecule has 0 fully saturated rings. The lowest BCUT2D eigenvalue weighted by atomic mass is 10.1. The maximum atomic E-state index is 13.7. The SMILES string of the molecule is CNc1nc(-n2ccc(C(C)C)n2)c(F)cc1F. The van der Waals surface area contributed by atoms with Crippen molar-refractivity contribution >= 4 is 5.82 Å². The van der Waals surface area contributed by atoms with E-state index in [4.69, 9.17) is 0 Å². The van der Waals surface area contributed by atoms with Crippen LogP contribution in [0.3, 0.4) is 0 Å². The number of halogens is 2. The van der Waals surface area contributed by atoms with E-state index in [2.05, 4.69) is 15.4 Å². The maximum Gasteiger partial charge on any atom is 0.191 e. The molecule has 0 radical (unpaired) electrons. The van der Waals surface area contributed by atoms with Crippen molar-refractivity contribution in [2.45, 2.75) is 19.8 Å². The molecule has 1 N–H and O–H groups in total. The third kappa shape index (κ3) is 2.18. The Kier molecular flexibility index (Phi) is 3.27. The normalized spacial score (nSPS) is 11.0. The van der Waals surface area contributed by atoms with Gasteiger partial charge in [0.1, 0.15) is 0 Å². The molecule has 0 aliphatic carbocycles. The molecule has 0 bridgehead atoms. The molecular formula is C12H14F2N4. The number of nitrogens with one attached hydrogen (secondary N) is 1. The lowest BCUT2D eigenvalue weighted by molar-refractivity contribution is 0.562. The van der Waals surface area contributed by atoms with Crippen molar-refractivity contribution in [3.63, 3.8) is 0 Å². The van der Waals surface area contributed by atoms with Gasteiger partial charge in [-0.3, -0.25) is 0 Å². The molecule has 0 saturated heterocycles. The van der Waals surface area contributed by atoms with Gasteiger partial charge in [0.15, 0.2) is 23.3 Å². The molecule has 0 saturated carbocycles. The molecule has 0 spiro atoms. The Hall–Kier alpha value is -1.98. The summed E-state index contributed by atoms with van der Waals surface area (Å²) < 4.78 is 28.3. The number of aromatic nitrogens is 3. The van der Waals surface area contributed by atoms with Gasteiger partial charge in [-0.2, -0.15) is 5.10 Å². The molecule has 4 nitrogen and oxygen atoms in total. The van der Waals surface area contributed by atoms with Gasteiger partial charge in [0.2, 0.25) is 0 Å². The molecule has 2 heterocycles. The number of pyridine rings is 1. The second-order valence-corrected chi connectivity index (χ2v) is 4.21. The summed E-state index contributed by atoms with van der Waals surface area (Å²) in [6.07, 6.45) is 1.61. The summed E-state index contributed by atoms with van der Waals surface area (Å²) in [5.41, 5.74) is 0.825. The molecule has 6 heteroatoms. The standard InChI is InChI=1S/C12H14F2N4/c1-7(2)10-4-5-18(17-10)12-9(14)6-8(13)11(15-3)16-12/h4-7H,1-3H3,(H,15,16). The highest BCUT2D eigenvalue weighted by Crippen LogP contribution is 2.19. The summed E-state index contributed by atoms with van der Waals surface area (Å²) in [5.74, 6) is -1.26. The molecule has 2 aromatic rings. The minimum Gasteiger partial charge on any atom is -0.371 e. The van der Waals surface area contributed by atoms with Gasteiger partial charge in [0, 0.05) is 19.3 Å². The summed E-state index contributed by atoms with van der Waals surface area (Å²) in [5, 5.41) is 6.78. The third-order valence-electron chi connectivity index (χ3n) is 2.57. The Morgan fingerprint density at radius 3 is 2.56 bits per heavy atom. The number of hydrogen-bond donors (Lipinski definition) is 1. The van der Waals surface area contributed by atoms with Crippen LogP contribution in [0.15, 0.2) is 18.3 Å². The van der Waals surface area contributed by atoms with Crippen molar-refractivity contribution in [1.82, 2.24) is 14.8 Å². The summed E-state index contributed by atoms with van der Waals surface area (Å²) in [6.45, 7) is 3.97. The van der Waals surface area contributed by atoms with Gasteiger partial charge in [-0.25, -0.2) is 18.4 Å². The second kappa shape index (κ2) is 4.72. The predicted octanol–water partition coefficient (Wildman–Crippen LogP) is 2.71. The first-order chi connectivity index (χ1) is 8.52. The highest BCUT2D eigenvalue weighted by molar-refractivity contribution is 5.41. The van der Waals surface area contributed by atoms with E-state index in [-0.39, 0.29) is 17.6 Å². The molecule has 0 unspecified atom stereocenters. The first kappa shape index (κ1) is 12.5. The molecular weight excluding hydrogens is 238 g/mol. The number of nitrogens with zero attached hydrogens (tertiary/aromatic N) is 3. The zero-order valence-corrected chi connectivity index (χ0v) is 10.4. The molecule has 96 valence electrons. The average molecular weight is 252 g/mol. The fourth-order valence-electron chi connectivity index (χ4n) is 1.56. The van der Waals surface area contributed by atoms with Gasteiger partial charge in [-0.1, -0.05) is 13.8 Å². The van der Waals surface area contributed by atoms with Crippen LogP contribution in [0.4, 0.5) is 14.6 Å². The second-order valence-electron chi connectivity index (χ2n) is 4.21. The molecule has 2 rings (SSSR count). The van der Waals surface area contributed by atoms with Crippen LogP contribution in [0.1, 0.15) is 25.5 Å². The number of rotatable bonds is 3. The Labute approximate surface area is 104 Å². The van der Waals surface area contributed by atoms with Gasteiger partial charge < -0.3 is 5.32 Å². The largest absolute Gasteiger partial charge is 0.371 e. The molecule has 2 aromatic heterocycles. The Balaban J connectivity index is 2.49. The van der Waals surface area contributed by atoms with E-state index in [1.54, 1.807) is 12.3 Å². The molecule has 0 aliphatic heterocycles. The monoisotopic (exact) mass is 252 g/mol. The fourth-order valence-corrected chi connectivity index (χ4v) is 1.56. The van der Waals surface area contributed by atoms with Crippen molar-refractivity contribution in [3.05, 3.63) is 35.7 Å². The molecule has 0 atom stereocenters. The molecule has 0 aromatic carbocycles. The zero-order valence-electron chi connectivity index (χ0n) is 10.4. The van der Waals surface area contributed by atoms with Gasteiger partial charge >= 0.3 is 0 Å². The average Bonchev–Trinajstić information content (AvgIpc) is 2.78. The van der Waals surface area contributed by atoms with E-state index in [0.717, 1.165) is 11.8 Å². The zero-order chi connectivity index (χ0) is 13.3. The summed E-state index contributed by atoms with van der Waals surface area (Å²) in [7, 11) is 1.52. The van der Waals surface area contributed by atoms with Crippen LogP contribution in [0.25, 0.3) is 5.82 Å². The molecule has 0 aliphatic rings. The maximum absolute atomic E-state index is 13.7. The summed E-state index contributed by atoms with van der Waals surface area (Å²) in [6, 6.07) is 2.58. The van der Waals surface area contributed by atoms with Crippen LogP contribution in [0, 0.1) is 11.6 Å². The first-order valence-corrected chi connectivity index (χ1v) is 5.62. The van der Waals surface area contributed by atoms with Gasteiger partial charge in [-0.05, 0) is 12.0 Å².